The molecule has 136 valence electrons. The first kappa shape index (κ1) is 18.5. The third-order valence-corrected chi connectivity index (χ3v) is 4.39. The maximum absolute atomic E-state index is 12.1. The van der Waals surface area contributed by atoms with Gasteiger partial charge < -0.3 is 10.8 Å². The molecule has 27 heavy (non-hydrogen) atoms. The Balaban J connectivity index is 1.73. The van der Waals surface area contributed by atoms with Crippen LogP contribution in [0.5, 0.6) is 5.75 Å². The van der Waals surface area contributed by atoms with Gasteiger partial charge in [-0.1, -0.05) is 48.0 Å². The van der Waals surface area contributed by atoms with Crippen LogP contribution in [0, 0.1) is 0 Å². The Morgan fingerprint density at radius 3 is 2.63 bits per heavy atom. The summed E-state index contributed by atoms with van der Waals surface area (Å²) in [6.45, 7) is 0. The Kier molecular flexibility index (Phi) is 5.74. The highest BCUT2D eigenvalue weighted by Gasteiger charge is 2.08. The van der Waals surface area contributed by atoms with Gasteiger partial charge in [-0.05, 0) is 47.9 Å². The van der Waals surface area contributed by atoms with Gasteiger partial charge in [0.1, 0.15) is 5.75 Å². The van der Waals surface area contributed by atoms with Gasteiger partial charge in [0.2, 0.25) is 0 Å². The summed E-state index contributed by atoms with van der Waals surface area (Å²) in [5.74, 6) is -0.355. The van der Waals surface area contributed by atoms with Crippen molar-refractivity contribution < 1.29 is 9.90 Å². The molecule has 1 amide bonds. The minimum atomic E-state index is -0.420. The van der Waals surface area contributed by atoms with Crippen molar-refractivity contribution in [3.8, 4) is 5.75 Å². The number of aromatic hydroxyl groups is 1. The largest absolute Gasteiger partial charge is 0.507 e. The number of para-hydroxylation sites is 1. The van der Waals surface area contributed by atoms with E-state index < -0.39 is 5.91 Å². The van der Waals surface area contributed by atoms with Crippen LogP contribution in [0.1, 0.15) is 27.0 Å². The van der Waals surface area contributed by atoms with Gasteiger partial charge in [0.05, 0.1) is 11.8 Å². The fourth-order valence-electron chi connectivity index (χ4n) is 2.60. The van der Waals surface area contributed by atoms with Crippen LogP contribution in [0.4, 0.5) is 5.69 Å². The smallest absolute Gasteiger partial charge is 0.273 e. The predicted octanol–water partition coefficient (Wildman–Crippen LogP) is 3.98. The molecule has 3 aromatic carbocycles. The molecule has 0 heterocycles. The number of rotatable bonds is 5. The van der Waals surface area contributed by atoms with Crippen LogP contribution in [0.15, 0.2) is 71.8 Å². The fraction of sp³-hybridized carbons (Fsp3) is 0.0476. The lowest BCUT2D eigenvalue weighted by Crippen LogP contribution is -2.19. The van der Waals surface area contributed by atoms with Crippen LogP contribution in [0.3, 0.4) is 0 Å². The number of benzene rings is 3. The molecule has 0 spiro atoms. The Bertz CT molecular complexity index is 1000. The molecule has 0 aliphatic rings. The summed E-state index contributed by atoms with van der Waals surface area (Å²) in [6, 6.07) is 19.5. The Hall–Kier alpha value is -3.31. The summed E-state index contributed by atoms with van der Waals surface area (Å²) in [7, 11) is 0. The molecule has 0 radical (unpaired) electrons. The Morgan fingerprint density at radius 2 is 1.85 bits per heavy atom. The third kappa shape index (κ3) is 4.65. The monoisotopic (exact) mass is 379 g/mol. The van der Waals surface area contributed by atoms with Crippen molar-refractivity contribution in [2.45, 2.75) is 6.42 Å². The summed E-state index contributed by atoms with van der Waals surface area (Å²) >= 11 is 6.20. The van der Waals surface area contributed by atoms with Crippen molar-refractivity contribution in [1.29, 1.82) is 0 Å². The van der Waals surface area contributed by atoms with Crippen molar-refractivity contribution in [2.75, 3.05) is 5.73 Å². The van der Waals surface area contributed by atoms with E-state index in [1.807, 2.05) is 30.3 Å². The maximum Gasteiger partial charge on any atom is 0.273 e. The first-order valence-electron chi connectivity index (χ1n) is 8.28. The van der Waals surface area contributed by atoms with Gasteiger partial charge >= 0.3 is 0 Å². The Morgan fingerprint density at radius 1 is 1.11 bits per heavy atom. The number of nitrogens with two attached hydrogens (primary N) is 1. The predicted molar refractivity (Wildman–Crippen MR) is 108 cm³/mol. The minimum Gasteiger partial charge on any atom is -0.507 e. The molecule has 0 unspecified atom stereocenters. The highest BCUT2D eigenvalue weighted by molar-refractivity contribution is 6.31. The van der Waals surface area contributed by atoms with Crippen LogP contribution < -0.4 is 11.2 Å². The first-order valence-corrected chi connectivity index (χ1v) is 8.65. The van der Waals surface area contributed by atoms with Crippen LogP contribution >= 0.6 is 11.6 Å². The molecule has 3 rings (SSSR count). The lowest BCUT2D eigenvalue weighted by molar-refractivity contribution is 0.0956. The average Bonchev–Trinajstić information content (AvgIpc) is 2.66. The summed E-state index contributed by atoms with van der Waals surface area (Å²) < 4.78 is 0. The highest BCUT2D eigenvalue weighted by Crippen LogP contribution is 2.22. The quantitative estimate of drug-likeness (QED) is 0.356. The lowest BCUT2D eigenvalue weighted by Gasteiger charge is -2.07. The van der Waals surface area contributed by atoms with E-state index in [1.165, 1.54) is 6.21 Å². The van der Waals surface area contributed by atoms with Crippen molar-refractivity contribution in [3.63, 3.8) is 0 Å². The first-order chi connectivity index (χ1) is 13.0. The van der Waals surface area contributed by atoms with E-state index in [4.69, 9.17) is 17.3 Å². The fourth-order valence-corrected chi connectivity index (χ4v) is 2.81. The molecule has 0 saturated heterocycles. The van der Waals surface area contributed by atoms with Gasteiger partial charge in [-0.25, -0.2) is 5.43 Å². The van der Waals surface area contributed by atoms with Crippen LogP contribution in [-0.4, -0.2) is 17.2 Å². The number of anilines is 1. The van der Waals surface area contributed by atoms with E-state index in [9.17, 15) is 9.90 Å². The molecule has 5 nitrogen and oxygen atoms in total. The van der Waals surface area contributed by atoms with Gasteiger partial charge in [0.25, 0.3) is 5.91 Å². The SMILES string of the molecule is Nc1ccccc1C(=O)N/N=C\c1cc(Cc2ccccc2Cl)ccc1O. The molecule has 0 aromatic heterocycles. The second-order valence-electron chi connectivity index (χ2n) is 5.95. The van der Waals surface area contributed by atoms with Crippen molar-refractivity contribution in [1.82, 2.24) is 5.43 Å². The number of nitrogen functional groups attached to an aromatic ring is 1. The lowest BCUT2D eigenvalue weighted by atomic mass is 10.0. The van der Waals surface area contributed by atoms with Crippen LogP contribution in [-0.2, 0) is 6.42 Å². The number of phenolic OH excluding ortho intramolecular Hbond substituents is 1. The van der Waals surface area contributed by atoms with Gasteiger partial charge in [-0.3, -0.25) is 4.79 Å². The van der Waals surface area contributed by atoms with E-state index in [2.05, 4.69) is 10.5 Å². The number of nitrogens with one attached hydrogen (secondary N) is 1. The summed E-state index contributed by atoms with van der Waals surface area (Å²) in [6.07, 6.45) is 2.01. The van der Waals surface area contributed by atoms with E-state index in [0.717, 1.165) is 11.1 Å². The molecule has 6 heteroatoms. The number of carbonyl (C=O) groups is 1. The number of hydrogen-bond acceptors (Lipinski definition) is 4. The molecule has 0 bridgehead atoms. The van der Waals surface area contributed by atoms with Crippen molar-refractivity contribution in [2.24, 2.45) is 5.10 Å². The van der Waals surface area contributed by atoms with Crippen LogP contribution in [0.2, 0.25) is 5.02 Å². The number of hydrazone groups is 1. The molecule has 0 fully saturated rings. The summed E-state index contributed by atoms with van der Waals surface area (Å²) in [5, 5.41) is 14.6. The molecule has 0 atom stereocenters. The van der Waals surface area contributed by atoms with E-state index in [0.29, 0.717) is 28.3 Å². The number of amides is 1. The van der Waals surface area contributed by atoms with E-state index in [1.54, 1.807) is 36.4 Å². The zero-order valence-corrected chi connectivity index (χ0v) is 15.1. The van der Waals surface area contributed by atoms with Gasteiger partial charge in [-0.15, -0.1) is 0 Å². The normalized spacial score (nSPS) is 10.9. The molecule has 0 saturated carbocycles. The zero-order chi connectivity index (χ0) is 19.2. The molecule has 0 aliphatic carbocycles. The minimum absolute atomic E-state index is 0.0649. The summed E-state index contributed by atoms with van der Waals surface area (Å²) in [5.41, 5.74) is 11.3. The number of carbonyl (C=O) groups excluding carboxylic acids is 1. The van der Waals surface area contributed by atoms with Gasteiger partial charge in [0, 0.05) is 16.3 Å². The van der Waals surface area contributed by atoms with Crippen molar-refractivity contribution in [3.05, 3.63) is 94.0 Å². The van der Waals surface area contributed by atoms with Crippen LogP contribution in [0.25, 0.3) is 0 Å². The molecule has 3 aromatic rings. The second kappa shape index (κ2) is 8.38. The van der Waals surface area contributed by atoms with Gasteiger partial charge in [-0.2, -0.15) is 5.10 Å². The summed E-state index contributed by atoms with van der Waals surface area (Å²) in [4.78, 5) is 12.1. The molecule has 0 aliphatic heterocycles. The number of hydrogen-bond donors (Lipinski definition) is 3. The Labute approximate surface area is 162 Å². The zero-order valence-electron chi connectivity index (χ0n) is 14.4. The van der Waals surface area contributed by atoms with E-state index >= 15 is 0 Å². The standard InChI is InChI=1S/C21H18ClN3O2/c22-18-7-3-1-5-15(18)11-14-9-10-20(26)16(12-14)13-24-25-21(27)17-6-2-4-8-19(17)23/h1-10,12-13,26H,11,23H2,(H,25,27)/b24-13-. The molecular formula is C21H18ClN3O2. The average molecular weight is 380 g/mol. The molecule has 4 N–H and O–H groups in total. The third-order valence-electron chi connectivity index (χ3n) is 4.02. The number of phenols is 1. The van der Waals surface area contributed by atoms with Crippen molar-refractivity contribution >= 4 is 29.4 Å². The topological polar surface area (TPSA) is 87.7 Å². The molecular weight excluding hydrogens is 362 g/mol. The number of halogens is 1. The second-order valence-corrected chi connectivity index (χ2v) is 6.35. The number of nitrogens with zero attached hydrogens (tertiary/aromatic N) is 1. The van der Waals surface area contributed by atoms with Gasteiger partial charge in [0.15, 0.2) is 0 Å². The maximum atomic E-state index is 12.1. The van der Waals surface area contributed by atoms with E-state index in [-0.39, 0.29) is 5.75 Å². The highest BCUT2D eigenvalue weighted by atomic mass is 35.5.